The molecule has 5 nitrogen and oxygen atoms in total. The van der Waals surface area contributed by atoms with E-state index in [-0.39, 0.29) is 31.1 Å². The van der Waals surface area contributed by atoms with Gasteiger partial charge in [0.05, 0.1) is 13.0 Å². The van der Waals surface area contributed by atoms with Crippen LogP contribution in [0.4, 0.5) is 0 Å². The van der Waals surface area contributed by atoms with Gasteiger partial charge in [-0.3, -0.25) is 9.59 Å². The van der Waals surface area contributed by atoms with Crippen molar-refractivity contribution in [3.05, 3.63) is 11.8 Å². The molecule has 0 aliphatic heterocycles. The maximum atomic E-state index is 11.4. The molecule has 1 atom stereocenters. The monoisotopic (exact) mass is 228 g/mol. The summed E-state index contributed by atoms with van der Waals surface area (Å²) in [5.74, 6) is 0.254. The lowest BCUT2D eigenvalue weighted by molar-refractivity contribution is -0.142. The highest BCUT2D eigenvalue weighted by molar-refractivity contribution is 5.82. The molecule has 0 aromatic heterocycles. The van der Waals surface area contributed by atoms with Crippen LogP contribution in [-0.4, -0.2) is 32.3 Å². The lowest BCUT2D eigenvalue weighted by Gasteiger charge is -2.19. The lowest BCUT2D eigenvalue weighted by Crippen LogP contribution is -2.20. The maximum Gasteiger partial charge on any atom is 0.302 e. The first-order valence-corrected chi connectivity index (χ1v) is 5.09. The Hall–Kier alpha value is -1.36. The lowest BCUT2D eigenvalue weighted by atomic mass is 9.94. The molecule has 90 valence electrons. The van der Waals surface area contributed by atoms with Crippen molar-refractivity contribution in [2.45, 2.75) is 19.8 Å². The molecule has 0 bridgehead atoms. The van der Waals surface area contributed by atoms with Crippen molar-refractivity contribution in [3.63, 3.8) is 0 Å². The largest absolute Gasteiger partial charge is 0.472 e. The zero-order valence-corrected chi connectivity index (χ0v) is 9.52. The number of carbonyl (C=O) groups is 2. The number of esters is 1. The van der Waals surface area contributed by atoms with E-state index in [9.17, 15) is 9.59 Å². The highest BCUT2D eigenvalue weighted by Crippen LogP contribution is 2.21. The van der Waals surface area contributed by atoms with E-state index >= 15 is 0 Å². The van der Waals surface area contributed by atoms with Crippen LogP contribution in [0.2, 0.25) is 0 Å². The highest BCUT2D eigenvalue weighted by Gasteiger charge is 2.21. The Morgan fingerprint density at radius 1 is 1.56 bits per heavy atom. The molecule has 0 fully saturated rings. The molecule has 1 aliphatic rings. The molecule has 0 spiro atoms. The summed E-state index contributed by atoms with van der Waals surface area (Å²) in [4.78, 5) is 22.0. The Morgan fingerprint density at radius 3 is 2.94 bits per heavy atom. The van der Waals surface area contributed by atoms with Crippen molar-refractivity contribution in [2.24, 2.45) is 5.92 Å². The Bertz CT molecular complexity index is 295. The number of methoxy groups -OCH3 is 1. The van der Waals surface area contributed by atoms with Gasteiger partial charge in [0.15, 0.2) is 6.79 Å². The third kappa shape index (κ3) is 4.44. The Balaban J connectivity index is 2.49. The van der Waals surface area contributed by atoms with Crippen LogP contribution in [0.5, 0.6) is 0 Å². The van der Waals surface area contributed by atoms with E-state index in [2.05, 4.69) is 0 Å². The molecule has 0 saturated carbocycles. The van der Waals surface area contributed by atoms with Crippen LogP contribution in [0.3, 0.4) is 0 Å². The summed E-state index contributed by atoms with van der Waals surface area (Å²) >= 11 is 0. The quantitative estimate of drug-likeness (QED) is 0.519. The van der Waals surface area contributed by atoms with Gasteiger partial charge in [0.25, 0.3) is 0 Å². The summed E-state index contributed by atoms with van der Waals surface area (Å²) in [6.07, 6.45) is 2.51. The van der Waals surface area contributed by atoms with Crippen LogP contribution in [0.25, 0.3) is 0 Å². The smallest absolute Gasteiger partial charge is 0.302 e. The number of carbonyl (C=O) groups excluding carboxylic acids is 2. The summed E-state index contributed by atoms with van der Waals surface area (Å²) in [5.41, 5.74) is 0. The van der Waals surface area contributed by atoms with Gasteiger partial charge in [-0.05, 0) is 6.08 Å². The van der Waals surface area contributed by atoms with E-state index in [1.54, 1.807) is 0 Å². The van der Waals surface area contributed by atoms with E-state index in [0.717, 1.165) is 0 Å². The molecule has 0 aromatic rings. The van der Waals surface area contributed by atoms with Crippen LogP contribution < -0.4 is 0 Å². The van der Waals surface area contributed by atoms with Gasteiger partial charge < -0.3 is 14.2 Å². The predicted molar refractivity (Wildman–Crippen MR) is 55.4 cm³/mol. The molecule has 16 heavy (non-hydrogen) atoms. The number of hydrogen-bond donors (Lipinski definition) is 0. The van der Waals surface area contributed by atoms with Gasteiger partial charge in [-0.15, -0.1) is 0 Å². The van der Waals surface area contributed by atoms with E-state index in [0.29, 0.717) is 18.6 Å². The molecule has 1 unspecified atom stereocenters. The van der Waals surface area contributed by atoms with E-state index < -0.39 is 0 Å². The first kappa shape index (κ1) is 12.7. The van der Waals surface area contributed by atoms with Gasteiger partial charge in [0.1, 0.15) is 11.5 Å². The van der Waals surface area contributed by atoms with Gasteiger partial charge in [0.2, 0.25) is 0 Å². The van der Waals surface area contributed by atoms with Crippen LogP contribution in [0.1, 0.15) is 19.8 Å². The second-order valence-corrected chi connectivity index (χ2v) is 3.67. The van der Waals surface area contributed by atoms with Gasteiger partial charge in [-0.2, -0.15) is 0 Å². The summed E-state index contributed by atoms with van der Waals surface area (Å²) in [7, 11) is 1.52. The normalized spacial score (nSPS) is 20.2. The van der Waals surface area contributed by atoms with Crippen LogP contribution in [0.15, 0.2) is 11.8 Å². The fraction of sp³-hybridized carbons (Fsp3) is 0.636. The zero-order chi connectivity index (χ0) is 12.0. The van der Waals surface area contributed by atoms with Crippen LogP contribution in [0, 0.1) is 5.92 Å². The van der Waals surface area contributed by atoms with Crippen molar-refractivity contribution < 1.29 is 23.8 Å². The third-order valence-electron chi connectivity index (χ3n) is 2.15. The number of hydrogen-bond acceptors (Lipinski definition) is 5. The third-order valence-corrected chi connectivity index (χ3v) is 2.15. The van der Waals surface area contributed by atoms with Crippen LogP contribution >= 0.6 is 0 Å². The number of ether oxygens (including phenoxy) is 3. The van der Waals surface area contributed by atoms with Crippen molar-refractivity contribution in [2.75, 3.05) is 20.5 Å². The first-order chi connectivity index (χ1) is 7.61. The molecule has 1 rings (SSSR count). The highest BCUT2D eigenvalue weighted by atomic mass is 16.7. The molecule has 5 heteroatoms. The van der Waals surface area contributed by atoms with Gasteiger partial charge in [0, 0.05) is 26.4 Å². The van der Waals surface area contributed by atoms with E-state index in [1.807, 2.05) is 6.08 Å². The predicted octanol–water partition coefficient (Wildman–Crippen LogP) is 1.03. The molecule has 0 heterocycles. The second kappa shape index (κ2) is 6.27. The fourth-order valence-corrected chi connectivity index (χ4v) is 1.50. The number of allylic oxidation sites excluding steroid dienone is 1. The number of rotatable bonds is 5. The molecule has 0 radical (unpaired) electrons. The van der Waals surface area contributed by atoms with Gasteiger partial charge >= 0.3 is 5.97 Å². The zero-order valence-electron chi connectivity index (χ0n) is 9.52. The van der Waals surface area contributed by atoms with Crippen LogP contribution in [-0.2, 0) is 23.8 Å². The van der Waals surface area contributed by atoms with Crippen molar-refractivity contribution in [1.82, 2.24) is 0 Å². The topological polar surface area (TPSA) is 61.8 Å². The summed E-state index contributed by atoms with van der Waals surface area (Å²) < 4.78 is 14.8. The second-order valence-electron chi connectivity index (χ2n) is 3.67. The molecule has 0 N–H and O–H groups in total. The minimum atomic E-state index is -0.342. The Kier molecular flexibility index (Phi) is 4.98. The maximum absolute atomic E-state index is 11.4. The average Bonchev–Trinajstić information content (AvgIpc) is 2.23. The first-order valence-electron chi connectivity index (χ1n) is 5.09. The molecule has 0 saturated heterocycles. The Morgan fingerprint density at radius 2 is 2.31 bits per heavy atom. The Labute approximate surface area is 94.4 Å². The van der Waals surface area contributed by atoms with Crippen molar-refractivity contribution in [1.29, 1.82) is 0 Å². The van der Waals surface area contributed by atoms with Gasteiger partial charge in [-0.1, -0.05) is 0 Å². The van der Waals surface area contributed by atoms with E-state index in [4.69, 9.17) is 14.2 Å². The average molecular weight is 228 g/mol. The molecular formula is C11H16O5. The summed E-state index contributed by atoms with van der Waals surface area (Å²) in [6.45, 7) is 1.69. The summed E-state index contributed by atoms with van der Waals surface area (Å²) in [5, 5.41) is 0. The fourth-order valence-electron chi connectivity index (χ4n) is 1.50. The standard InChI is InChI=1S/C11H16O5/c1-8(12)15-6-9-3-10(13)5-11(4-9)16-7-14-2/h4,9H,3,5-7H2,1-2H3. The summed E-state index contributed by atoms with van der Waals surface area (Å²) in [6, 6.07) is 0. The molecule has 0 amide bonds. The minimum absolute atomic E-state index is 0.0861. The van der Waals surface area contributed by atoms with Gasteiger partial charge in [-0.25, -0.2) is 0 Å². The van der Waals surface area contributed by atoms with Crippen molar-refractivity contribution >= 4 is 11.8 Å². The van der Waals surface area contributed by atoms with Crippen molar-refractivity contribution in [3.8, 4) is 0 Å². The molecular weight excluding hydrogens is 212 g/mol. The SMILES string of the molecule is COCOC1=CC(COC(C)=O)CC(=O)C1. The number of Topliss-reactive ketones (excluding diaryl/α,β-unsaturated/α-hetero) is 1. The van der Waals surface area contributed by atoms with E-state index in [1.165, 1.54) is 14.0 Å². The molecule has 0 aromatic carbocycles. The molecule has 1 aliphatic carbocycles. The number of ketones is 1. The minimum Gasteiger partial charge on any atom is -0.472 e.